The number of carboxylic acid groups (broad SMARTS) is 1. The molecule has 112 valence electrons. The van der Waals surface area contributed by atoms with E-state index >= 15 is 0 Å². The second-order valence-electron chi connectivity index (χ2n) is 6.22. The van der Waals surface area contributed by atoms with E-state index in [2.05, 4.69) is 19.0 Å². The summed E-state index contributed by atoms with van der Waals surface area (Å²) in [6.07, 6.45) is 9.00. The Bertz CT molecular complexity index is 261. The second-order valence-corrected chi connectivity index (χ2v) is 6.22. The summed E-state index contributed by atoms with van der Waals surface area (Å²) in [5.74, 6) is 0.831. The first-order valence-corrected chi connectivity index (χ1v) is 7.61. The molecule has 0 spiro atoms. The van der Waals surface area contributed by atoms with Crippen LogP contribution in [0.15, 0.2) is 0 Å². The van der Waals surface area contributed by atoms with E-state index in [0.29, 0.717) is 0 Å². The smallest absolute Gasteiger partial charge is 0.407 e. The van der Waals surface area contributed by atoms with Gasteiger partial charge in [-0.25, -0.2) is 4.79 Å². The van der Waals surface area contributed by atoms with Crippen molar-refractivity contribution in [2.24, 2.45) is 5.92 Å². The Morgan fingerprint density at radius 3 is 2.21 bits per heavy atom. The minimum atomic E-state index is -0.785. The number of rotatable bonds is 7. The summed E-state index contributed by atoms with van der Waals surface area (Å²) in [7, 11) is 5.95. The minimum absolute atomic E-state index is 0.252. The molecule has 1 amide bonds. The summed E-state index contributed by atoms with van der Waals surface area (Å²) < 4.78 is 0. The molecule has 1 rings (SSSR count). The van der Waals surface area contributed by atoms with Crippen LogP contribution in [0.2, 0.25) is 0 Å². The molecule has 0 unspecified atom stereocenters. The van der Waals surface area contributed by atoms with Gasteiger partial charge in [-0.05, 0) is 58.7 Å². The van der Waals surface area contributed by atoms with E-state index in [1.165, 1.54) is 50.0 Å². The quantitative estimate of drug-likeness (QED) is 0.722. The predicted molar refractivity (Wildman–Crippen MR) is 78.6 cm³/mol. The molecule has 0 aromatic carbocycles. The highest BCUT2D eigenvalue weighted by molar-refractivity contribution is 5.64. The number of nitrogens with zero attached hydrogens (tertiary/aromatic N) is 2. The fourth-order valence-electron chi connectivity index (χ4n) is 3.01. The molecular formula is C15H30N2O2. The van der Waals surface area contributed by atoms with Crippen molar-refractivity contribution in [2.45, 2.75) is 57.4 Å². The van der Waals surface area contributed by atoms with Crippen LogP contribution in [0.4, 0.5) is 4.79 Å². The molecule has 1 fully saturated rings. The molecule has 1 saturated carbocycles. The van der Waals surface area contributed by atoms with Crippen LogP contribution >= 0.6 is 0 Å². The molecule has 0 heterocycles. The van der Waals surface area contributed by atoms with E-state index < -0.39 is 6.09 Å². The Labute approximate surface area is 117 Å². The third kappa shape index (κ3) is 6.28. The first kappa shape index (κ1) is 16.3. The number of carbonyl (C=O) groups is 1. The molecule has 1 aliphatic carbocycles. The molecule has 1 N–H and O–H groups in total. The molecular weight excluding hydrogens is 240 g/mol. The van der Waals surface area contributed by atoms with Gasteiger partial charge in [0.05, 0.1) is 0 Å². The van der Waals surface area contributed by atoms with E-state index in [0.717, 1.165) is 18.8 Å². The Morgan fingerprint density at radius 2 is 1.68 bits per heavy atom. The van der Waals surface area contributed by atoms with Crippen LogP contribution < -0.4 is 0 Å². The van der Waals surface area contributed by atoms with Gasteiger partial charge in [-0.1, -0.05) is 19.3 Å². The Kier molecular flexibility index (Phi) is 7.21. The zero-order valence-electron chi connectivity index (χ0n) is 12.8. The molecule has 0 radical (unpaired) electrons. The molecule has 0 atom stereocenters. The monoisotopic (exact) mass is 270 g/mol. The van der Waals surface area contributed by atoms with Crippen LogP contribution in [0.1, 0.15) is 51.4 Å². The Morgan fingerprint density at radius 1 is 1.05 bits per heavy atom. The molecule has 0 aromatic rings. The van der Waals surface area contributed by atoms with Crippen LogP contribution in [-0.4, -0.2) is 54.7 Å². The summed E-state index contributed by atoms with van der Waals surface area (Å²) >= 11 is 0. The highest BCUT2D eigenvalue weighted by Crippen LogP contribution is 2.30. The van der Waals surface area contributed by atoms with Gasteiger partial charge in [0.15, 0.2) is 0 Å². The van der Waals surface area contributed by atoms with Crippen molar-refractivity contribution in [1.82, 2.24) is 9.80 Å². The molecule has 4 nitrogen and oxygen atoms in total. The van der Waals surface area contributed by atoms with Crippen LogP contribution in [0.3, 0.4) is 0 Å². The van der Waals surface area contributed by atoms with Crippen molar-refractivity contribution in [3.8, 4) is 0 Å². The maximum absolute atomic E-state index is 10.9. The van der Waals surface area contributed by atoms with Crippen molar-refractivity contribution in [3.05, 3.63) is 0 Å². The standard InChI is InChI=1S/C15H30N2O2/c1-16(2)12-6-4-5-7-13-8-10-14(11-9-13)17(3)15(18)19/h13-14H,4-12H2,1-3H3,(H,18,19). The Hall–Kier alpha value is -0.770. The molecule has 4 heteroatoms. The number of amides is 1. The van der Waals surface area contributed by atoms with Gasteiger partial charge in [-0.2, -0.15) is 0 Å². The topological polar surface area (TPSA) is 43.8 Å². The lowest BCUT2D eigenvalue weighted by Gasteiger charge is -2.33. The van der Waals surface area contributed by atoms with E-state index in [9.17, 15) is 4.79 Å². The van der Waals surface area contributed by atoms with Crippen molar-refractivity contribution in [3.63, 3.8) is 0 Å². The largest absolute Gasteiger partial charge is 0.465 e. The molecule has 0 saturated heterocycles. The van der Waals surface area contributed by atoms with Crippen LogP contribution in [0.25, 0.3) is 0 Å². The highest BCUT2D eigenvalue weighted by Gasteiger charge is 2.25. The normalized spacial score (nSPS) is 23.6. The molecule has 0 aromatic heterocycles. The first-order chi connectivity index (χ1) is 9.00. The zero-order chi connectivity index (χ0) is 14.3. The average molecular weight is 270 g/mol. The zero-order valence-corrected chi connectivity index (χ0v) is 12.8. The van der Waals surface area contributed by atoms with Gasteiger partial charge in [0, 0.05) is 13.1 Å². The van der Waals surface area contributed by atoms with Gasteiger partial charge in [0.1, 0.15) is 0 Å². The molecule has 0 aliphatic heterocycles. The molecule has 19 heavy (non-hydrogen) atoms. The maximum Gasteiger partial charge on any atom is 0.407 e. The summed E-state index contributed by atoms with van der Waals surface area (Å²) in [6, 6.07) is 0.252. The van der Waals surface area contributed by atoms with E-state index in [1.54, 1.807) is 7.05 Å². The predicted octanol–water partition coefficient (Wildman–Crippen LogP) is 3.28. The number of unbranched alkanes of at least 4 members (excludes halogenated alkanes) is 2. The fourth-order valence-corrected chi connectivity index (χ4v) is 3.01. The summed E-state index contributed by atoms with van der Waals surface area (Å²) in [5, 5.41) is 8.97. The van der Waals surface area contributed by atoms with Crippen molar-refractivity contribution in [1.29, 1.82) is 0 Å². The number of hydrogen-bond donors (Lipinski definition) is 1. The third-order valence-corrected chi connectivity index (χ3v) is 4.38. The maximum atomic E-state index is 10.9. The minimum Gasteiger partial charge on any atom is -0.465 e. The van der Waals surface area contributed by atoms with E-state index in [4.69, 9.17) is 5.11 Å². The highest BCUT2D eigenvalue weighted by atomic mass is 16.4. The lowest BCUT2D eigenvalue weighted by Crippen LogP contribution is -2.38. The van der Waals surface area contributed by atoms with Crippen molar-refractivity contribution in [2.75, 3.05) is 27.7 Å². The van der Waals surface area contributed by atoms with E-state index in [-0.39, 0.29) is 6.04 Å². The van der Waals surface area contributed by atoms with Crippen LogP contribution in [0, 0.1) is 5.92 Å². The Balaban J connectivity index is 2.08. The van der Waals surface area contributed by atoms with Crippen LogP contribution in [0.5, 0.6) is 0 Å². The van der Waals surface area contributed by atoms with Gasteiger partial charge < -0.3 is 14.9 Å². The second kappa shape index (κ2) is 8.41. The van der Waals surface area contributed by atoms with Crippen molar-refractivity contribution >= 4 is 6.09 Å². The fraction of sp³-hybridized carbons (Fsp3) is 0.933. The summed E-state index contributed by atoms with van der Waals surface area (Å²) in [6.45, 7) is 1.19. The van der Waals surface area contributed by atoms with Crippen LogP contribution in [-0.2, 0) is 0 Å². The first-order valence-electron chi connectivity index (χ1n) is 7.61. The lowest BCUT2D eigenvalue weighted by atomic mass is 9.82. The van der Waals surface area contributed by atoms with E-state index in [1.807, 2.05) is 0 Å². The summed E-state index contributed by atoms with van der Waals surface area (Å²) in [4.78, 5) is 14.6. The van der Waals surface area contributed by atoms with Gasteiger partial charge in [-0.15, -0.1) is 0 Å². The lowest BCUT2D eigenvalue weighted by molar-refractivity contribution is 0.117. The van der Waals surface area contributed by atoms with Crippen molar-refractivity contribution < 1.29 is 9.90 Å². The van der Waals surface area contributed by atoms with Gasteiger partial charge in [0.2, 0.25) is 0 Å². The SMILES string of the molecule is CN(C)CCCCCC1CCC(N(C)C(=O)O)CC1. The van der Waals surface area contributed by atoms with Gasteiger partial charge in [0.25, 0.3) is 0 Å². The molecule has 0 bridgehead atoms. The molecule has 1 aliphatic rings. The van der Waals surface area contributed by atoms with Gasteiger partial charge in [-0.3, -0.25) is 0 Å². The van der Waals surface area contributed by atoms with Gasteiger partial charge >= 0.3 is 6.09 Å². The summed E-state index contributed by atoms with van der Waals surface area (Å²) in [5.41, 5.74) is 0. The average Bonchev–Trinajstić information content (AvgIpc) is 2.37. The number of hydrogen-bond acceptors (Lipinski definition) is 2. The third-order valence-electron chi connectivity index (χ3n) is 4.38.